The highest BCUT2D eigenvalue weighted by Crippen LogP contribution is 2.65. The number of imide groups is 1. The van der Waals surface area contributed by atoms with Crippen LogP contribution in [0.4, 0.5) is 11.4 Å². The van der Waals surface area contributed by atoms with Gasteiger partial charge < -0.3 is 10.6 Å². The van der Waals surface area contributed by atoms with Gasteiger partial charge in [0.05, 0.1) is 11.8 Å². The van der Waals surface area contributed by atoms with Gasteiger partial charge >= 0.3 is 0 Å². The second-order valence-corrected chi connectivity index (χ2v) is 10.5. The van der Waals surface area contributed by atoms with Gasteiger partial charge in [0.25, 0.3) is 0 Å². The summed E-state index contributed by atoms with van der Waals surface area (Å²) in [6, 6.07) is 6.97. The van der Waals surface area contributed by atoms with Gasteiger partial charge in [0, 0.05) is 30.3 Å². The first kappa shape index (κ1) is 20.6. The van der Waals surface area contributed by atoms with Crippen molar-refractivity contribution in [2.75, 3.05) is 10.6 Å². The fraction of sp³-hybridized carbons (Fsp3) is 0.538. The zero-order chi connectivity index (χ0) is 22.9. The Morgan fingerprint density at radius 2 is 1.33 bits per heavy atom. The first-order chi connectivity index (χ1) is 15.9. The highest BCUT2D eigenvalue weighted by molar-refractivity contribution is 6.06. The molecule has 1 saturated heterocycles. The number of hydrogen-bond donors (Lipinski definition) is 2. The van der Waals surface area contributed by atoms with Crippen molar-refractivity contribution < 1.29 is 19.2 Å². The van der Waals surface area contributed by atoms with Crippen LogP contribution in [-0.2, 0) is 19.2 Å². The lowest BCUT2D eigenvalue weighted by molar-refractivity contribution is -0.144. The van der Waals surface area contributed by atoms with Crippen LogP contribution in [0, 0.1) is 41.4 Å². The summed E-state index contributed by atoms with van der Waals surface area (Å²) in [7, 11) is 0. The van der Waals surface area contributed by atoms with E-state index in [0.717, 1.165) is 0 Å². The number of nitrogens with one attached hydrogen (secondary N) is 2. The first-order valence-electron chi connectivity index (χ1n) is 12.2. The van der Waals surface area contributed by atoms with Crippen LogP contribution in [0.15, 0.2) is 36.4 Å². The maximum Gasteiger partial charge on any atom is 0.233 e. The molecule has 0 spiro atoms. The molecule has 7 rings (SSSR count). The number of allylic oxidation sites excluding steroid dienone is 2. The summed E-state index contributed by atoms with van der Waals surface area (Å²) < 4.78 is 0. The van der Waals surface area contributed by atoms with E-state index >= 15 is 0 Å². The van der Waals surface area contributed by atoms with Gasteiger partial charge in [-0.1, -0.05) is 12.2 Å². The lowest BCUT2D eigenvalue weighted by Gasteiger charge is -2.37. The summed E-state index contributed by atoms with van der Waals surface area (Å²) in [6.07, 6.45) is 8.30. The minimum atomic E-state index is -0.141. The number of benzene rings is 1. The van der Waals surface area contributed by atoms with Crippen molar-refractivity contribution in [3.8, 4) is 0 Å². The minimum Gasteiger partial charge on any atom is -0.326 e. The molecule has 172 valence electrons. The molecule has 2 bridgehead atoms. The SMILES string of the molecule is CC(=O)Nc1ccc(NC(=O)C2CCC(N3C(=O)[C@@H]4[C@@H]5C=C[C@H]([C@H]6C[C@H]56)[C@H]4C3=O)CC2)cc1. The quantitative estimate of drug-likeness (QED) is 0.547. The van der Waals surface area contributed by atoms with Crippen molar-refractivity contribution in [2.45, 2.75) is 45.1 Å². The molecule has 0 unspecified atom stereocenters. The molecule has 7 heteroatoms. The fourth-order valence-electron chi connectivity index (χ4n) is 7.02. The number of amides is 4. The molecule has 3 saturated carbocycles. The summed E-state index contributed by atoms with van der Waals surface area (Å²) in [4.78, 5) is 52.2. The lowest BCUT2D eigenvalue weighted by Crippen LogP contribution is -2.44. The molecule has 33 heavy (non-hydrogen) atoms. The smallest absolute Gasteiger partial charge is 0.233 e. The highest BCUT2D eigenvalue weighted by Gasteiger charge is 2.67. The first-order valence-corrected chi connectivity index (χ1v) is 12.2. The summed E-state index contributed by atoms with van der Waals surface area (Å²) in [5.74, 6) is 1.25. The summed E-state index contributed by atoms with van der Waals surface area (Å²) in [6.45, 7) is 1.45. The number of likely N-dealkylation sites (tertiary alicyclic amines) is 1. The van der Waals surface area contributed by atoms with Crippen LogP contribution in [-0.4, -0.2) is 34.6 Å². The average Bonchev–Trinajstić information content (AvgIpc) is 3.58. The van der Waals surface area contributed by atoms with Gasteiger partial charge in [0.15, 0.2) is 0 Å². The zero-order valence-corrected chi connectivity index (χ0v) is 18.7. The maximum absolute atomic E-state index is 13.3. The third-order valence-electron chi connectivity index (χ3n) is 8.60. The van der Waals surface area contributed by atoms with E-state index in [1.807, 2.05) is 0 Å². The van der Waals surface area contributed by atoms with E-state index < -0.39 is 0 Å². The Bertz CT molecular complexity index is 1020. The third-order valence-corrected chi connectivity index (χ3v) is 8.60. The Kier molecular flexibility index (Phi) is 4.71. The highest BCUT2D eigenvalue weighted by atomic mass is 16.2. The molecule has 2 N–H and O–H groups in total. The van der Waals surface area contributed by atoms with Crippen LogP contribution >= 0.6 is 0 Å². The van der Waals surface area contributed by atoms with E-state index in [-0.39, 0.29) is 59.3 Å². The molecule has 7 nitrogen and oxygen atoms in total. The van der Waals surface area contributed by atoms with Crippen LogP contribution in [0.3, 0.4) is 0 Å². The Morgan fingerprint density at radius 1 is 0.818 bits per heavy atom. The van der Waals surface area contributed by atoms with Crippen LogP contribution in [0.1, 0.15) is 39.0 Å². The molecule has 5 aliphatic carbocycles. The number of anilines is 2. The van der Waals surface area contributed by atoms with Gasteiger partial charge in [-0.2, -0.15) is 0 Å². The summed E-state index contributed by atoms with van der Waals surface area (Å²) >= 11 is 0. The average molecular weight is 448 g/mol. The van der Waals surface area contributed by atoms with E-state index in [2.05, 4.69) is 22.8 Å². The Hall–Kier alpha value is -2.96. The van der Waals surface area contributed by atoms with Crippen molar-refractivity contribution in [3.05, 3.63) is 36.4 Å². The van der Waals surface area contributed by atoms with E-state index in [4.69, 9.17) is 0 Å². The molecule has 0 radical (unpaired) electrons. The third kappa shape index (κ3) is 3.31. The van der Waals surface area contributed by atoms with Gasteiger partial charge in [-0.15, -0.1) is 0 Å². The fourth-order valence-corrected chi connectivity index (χ4v) is 7.02. The Balaban J connectivity index is 1.06. The molecular weight excluding hydrogens is 418 g/mol. The maximum atomic E-state index is 13.3. The van der Waals surface area contributed by atoms with Crippen molar-refractivity contribution in [1.82, 2.24) is 4.90 Å². The molecule has 0 aromatic heterocycles. The number of carbonyl (C=O) groups is 4. The van der Waals surface area contributed by atoms with Crippen LogP contribution in [0.2, 0.25) is 0 Å². The molecular formula is C26H29N3O4. The standard InChI is InChI=1S/C26H29N3O4/c1-13(30)27-15-4-6-16(7-5-15)28-24(31)14-2-8-17(9-3-14)29-25(32)22-18-10-11-19(21-12-20(18)21)23(22)26(29)33/h4-7,10-11,14,17-23H,2-3,8-9,12H2,1H3,(H,27,30)(H,28,31)/t14?,17?,18-,19-,20-,21-,22-,23-/m1/s1. The zero-order valence-electron chi connectivity index (χ0n) is 18.7. The van der Waals surface area contributed by atoms with Crippen LogP contribution in [0.25, 0.3) is 0 Å². The topological polar surface area (TPSA) is 95.6 Å². The minimum absolute atomic E-state index is 0.0317. The second-order valence-electron chi connectivity index (χ2n) is 10.5. The molecule has 1 aliphatic heterocycles. The normalized spacial score (nSPS) is 38.0. The van der Waals surface area contributed by atoms with Gasteiger partial charge in [0.1, 0.15) is 0 Å². The van der Waals surface area contributed by atoms with E-state index in [0.29, 0.717) is 48.9 Å². The molecule has 4 amide bonds. The van der Waals surface area contributed by atoms with E-state index in [1.165, 1.54) is 13.3 Å². The molecule has 6 aliphatic rings. The second kappa shape index (κ2) is 7.54. The van der Waals surface area contributed by atoms with E-state index in [1.54, 1.807) is 29.2 Å². The molecule has 1 aromatic carbocycles. The molecule has 1 heterocycles. The Morgan fingerprint density at radius 3 is 1.85 bits per heavy atom. The van der Waals surface area contributed by atoms with Crippen LogP contribution < -0.4 is 10.6 Å². The van der Waals surface area contributed by atoms with Gasteiger partial charge in [0.2, 0.25) is 23.6 Å². The van der Waals surface area contributed by atoms with Crippen molar-refractivity contribution in [2.24, 2.45) is 41.4 Å². The Labute approximate surface area is 193 Å². The summed E-state index contributed by atoms with van der Waals surface area (Å²) in [5.41, 5.74) is 1.37. The predicted molar refractivity (Wildman–Crippen MR) is 122 cm³/mol. The monoisotopic (exact) mass is 447 g/mol. The van der Waals surface area contributed by atoms with E-state index in [9.17, 15) is 19.2 Å². The summed E-state index contributed by atoms with van der Waals surface area (Å²) in [5, 5.41) is 5.66. The van der Waals surface area contributed by atoms with Crippen molar-refractivity contribution >= 4 is 35.0 Å². The largest absolute Gasteiger partial charge is 0.326 e. The van der Waals surface area contributed by atoms with Gasteiger partial charge in [-0.3, -0.25) is 24.1 Å². The number of rotatable bonds is 4. The lowest BCUT2D eigenvalue weighted by atomic mass is 9.63. The predicted octanol–water partition coefficient (Wildman–Crippen LogP) is 3.20. The molecule has 4 fully saturated rings. The molecule has 6 atom stereocenters. The number of nitrogens with zero attached hydrogens (tertiary/aromatic N) is 1. The number of carbonyl (C=O) groups excluding carboxylic acids is 4. The van der Waals surface area contributed by atoms with Gasteiger partial charge in [-0.05, 0) is 80.0 Å². The number of hydrogen-bond acceptors (Lipinski definition) is 4. The van der Waals surface area contributed by atoms with Gasteiger partial charge in [-0.25, -0.2) is 0 Å². The van der Waals surface area contributed by atoms with Crippen molar-refractivity contribution in [1.29, 1.82) is 0 Å². The molecule has 1 aromatic rings. The van der Waals surface area contributed by atoms with Crippen molar-refractivity contribution in [3.63, 3.8) is 0 Å². The van der Waals surface area contributed by atoms with Crippen LogP contribution in [0.5, 0.6) is 0 Å².